The standard InChI is InChI=1S/C14H19BrN2O3/c15-14-9-13(17(19)20)5-4-11(14)10-16-7-2-1-3-12(16)6-8-18/h4-5,9,12,18H,1-3,6-8,10H2. The number of nitrogens with zero attached hydrogens (tertiary/aromatic N) is 2. The lowest BCUT2D eigenvalue weighted by molar-refractivity contribution is -0.384. The van der Waals surface area contributed by atoms with Crippen LogP contribution in [0, 0.1) is 10.1 Å². The lowest BCUT2D eigenvalue weighted by atomic mass is 9.99. The average molecular weight is 343 g/mol. The highest BCUT2D eigenvalue weighted by atomic mass is 79.9. The van der Waals surface area contributed by atoms with E-state index in [-0.39, 0.29) is 17.2 Å². The molecule has 0 bridgehead atoms. The van der Waals surface area contributed by atoms with Gasteiger partial charge in [0.1, 0.15) is 0 Å². The van der Waals surface area contributed by atoms with Crippen molar-refractivity contribution in [1.82, 2.24) is 4.90 Å². The molecule has 0 aromatic heterocycles. The quantitative estimate of drug-likeness (QED) is 0.659. The predicted molar refractivity (Wildman–Crippen MR) is 80.5 cm³/mol. The molecule has 1 fully saturated rings. The van der Waals surface area contributed by atoms with Gasteiger partial charge in [-0.15, -0.1) is 0 Å². The molecule has 1 heterocycles. The van der Waals surface area contributed by atoms with Gasteiger partial charge in [0.25, 0.3) is 5.69 Å². The molecule has 1 aromatic carbocycles. The summed E-state index contributed by atoms with van der Waals surface area (Å²) in [5, 5.41) is 19.9. The van der Waals surface area contributed by atoms with Crippen LogP contribution in [-0.4, -0.2) is 34.1 Å². The summed E-state index contributed by atoms with van der Waals surface area (Å²) in [6.45, 7) is 2.00. The zero-order chi connectivity index (χ0) is 14.5. The minimum Gasteiger partial charge on any atom is -0.396 e. The number of aliphatic hydroxyl groups excluding tert-OH is 1. The van der Waals surface area contributed by atoms with Gasteiger partial charge < -0.3 is 5.11 Å². The third kappa shape index (κ3) is 3.77. The molecule has 0 spiro atoms. The fraction of sp³-hybridized carbons (Fsp3) is 0.571. The monoisotopic (exact) mass is 342 g/mol. The van der Waals surface area contributed by atoms with Crippen LogP contribution in [-0.2, 0) is 6.54 Å². The van der Waals surface area contributed by atoms with Crippen LogP contribution in [0.3, 0.4) is 0 Å². The van der Waals surface area contributed by atoms with E-state index in [4.69, 9.17) is 5.11 Å². The Morgan fingerprint density at radius 2 is 2.25 bits per heavy atom. The van der Waals surface area contributed by atoms with E-state index in [1.807, 2.05) is 6.07 Å². The van der Waals surface area contributed by atoms with Crippen molar-refractivity contribution in [2.75, 3.05) is 13.2 Å². The Morgan fingerprint density at radius 3 is 2.90 bits per heavy atom. The van der Waals surface area contributed by atoms with Crippen LogP contribution in [0.15, 0.2) is 22.7 Å². The largest absolute Gasteiger partial charge is 0.396 e. The van der Waals surface area contributed by atoms with E-state index in [1.54, 1.807) is 12.1 Å². The molecule has 1 N–H and O–H groups in total. The number of nitro groups is 1. The van der Waals surface area contributed by atoms with Crippen LogP contribution in [0.2, 0.25) is 0 Å². The van der Waals surface area contributed by atoms with Gasteiger partial charge in [0, 0.05) is 35.8 Å². The fourth-order valence-corrected chi connectivity index (χ4v) is 3.23. The fourth-order valence-electron chi connectivity index (χ4n) is 2.74. The van der Waals surface area contributed by atoms with Crippen LogP contribution >= 0.6 is 15.9 Å². The van der Waals surface area contributed by atoms with Crippen molar-refractivity contribution in [1.29, 1.82) is 0 Å². The first-order valence-corrected chi connectivity index (χ1v) is 7.69. The van der Waals surface area contributed by atoms with E-state index in [2.05, 4.69) is 20.8 Å². The van der Waals surface area contributed by atoms with E-state index in [9.17, 15) is 10.1 Å². The number of hydrogen-bond acceptors (Lipinski definition) is 4. The topological polar surface area (TPSA) is 66.6 Å². The molecule has 0 radical (unpaired) electrons. The van der Waals surface area contributed by atoms with E-state index in [0.29, 0.717) is 6.04 Å². The Balaban J connectivity index is 2.09. The minimum atomic E-state index is -0.385. The smallest absolute Gasteiger partial charge is 0.270 e. The Morgan fingerprint density at radius 1 is 1.45 bits per heavy atom. The number of hydrogen-bond donors (Lipinski definition) is 1. The Hall–Kier alpha value is -0.980. The SMILES string of the molecule is O=[N+]([O-])c1ccc(CN2CCCCC2CCO)c(Br)c1. The van der Waals surface area contributed by atoms with Crippen LogP contribution in [0.25, 0.3) is 0 Å². The van der Waals surface area contributed by atoms with Gasteiger partial charge in [-0.2, -0.15) is 0 Å². The van der Waals surface area contributed by atoms with Crippen LogP contribution in [0.4, 0.5) is 5.69 Å². The predicted octanol–water partition coefficient (Wildman–Crippen LogP) is 3.09. The van der Waals surface area contributed by atoms with E-state index in [1.165, 1.54) is 12.8 Å². The molecule has 0 amide bonds. The number of piperidine rings is 1. The molecule has 1 atom stereocenters. The maximum Gasteiger partial charge on any atom is 0.270 e. The molecular weight excluding hydrogens is 324 g/mol. The summed E-state index contributed by atoms with van der Waals surface area (Å²) in [5.41, 5.74) is 1.16. The summed E-state index contributed by atoms with van der Waals surface area (Å²) in [7, 11) is 0. The summed E-state index contributed by atoms with van der Waals surface area (Å²) < 4.78 is 0.778. The highest BCUT2D eigenvalue weighted by Gasteiger charge is 2.22. The van der Waals surface area contributed by atoms with Crippen molar-refractivity contribution in [3.05, 3.63) is 38.3 Å². The molecule has 5 nitrogen and oxygen atoms in total. The summed E-state index contributed by atoms with van der Waals surface area (Å²) in [6, 6.07) is 5.33. The molecule has 0 saturated carbocycles. The lowest BCUT2D eigenvalue weighted by Gasteiger charge is -2.35. The molecule has 1 aliphatic rings. The molecule has 1 saturated heterocycles. The summed E-state index contributed by atoms with van der Waals surface area (Å²) in [5.74, 6) is 0. The van der Waals surface area contributed by atoms with Gasteiger partial charge in [-0.25, -0.2) is 0 Å². The van der Waals surface area contributed by atoms with Gasteiger partial charge in [-0.3, -0.25) is 15.0 Å². The summed E-state index contributed by atoms with van der Waals surface area (Å²) in [6.07, 6.45) is 4.30. The van der Waals surface area contributed by atoms with Gasteiger partial charge in [0.2, 0.25) is 0 Å². The van der Waals surface area contributed by atoms with Crippen molar-refractivity contribution < 1.29 is 10.0 Å². The number of benzene rings is 1. The first-order chi connectivity index (χ1) is 9.61. The van der Waals surface area contributed by atoms with Crippen molar-refractivity contribution in [3.63, 3.8) is 0 Å². The first-order valence-electron chi connectivity index (χ1n) is 6.89. The number of aliphatic hydroxyl groups is 1. The molecule has 1 unspecified atom stereocenters. The van der Waals surface area contributed by atoms with E-state index < -0.39 is 0 Å². The van der Waals surface area contributed by atoms with Crippen molar-refractivity contribution in [2.24, 2.45) is 0 Å². The molecule has 6 heteroatoms. The third-order valence-electron chi connectivity index (χ3n) is 3.83. The molecular formula is C14H19BrN2O3. The molecule has 1 aliphatic heterocycles. The highest BCUT2D eigenvalue weighted by Crippen LogP contribution is 2.27. The second kappa shape index (κ2) is 7.15. The van der Waals surface area contributed by atoms with Gasteiger partial charge in [0.15, 0.2) is 0 Å². The summed E-state index contributed by atoms with van der Waals surface area (Å²) in [4.78, 5) is 12.7. The molecule has 1 aromatic rings. The molecule has 2 rings (SSSR count). The minimum absolute atomic E-state index is 0.103. The number of halogens is 1. The Bertz CT molecular complexity index is 479. The van der Waals surface area contributed by atoms with Gasteiger partial charge >= 0.3 is 0 Å². The number of non-ortho nitro benzene ring substituents is 1. The first kappa shape index (κ1) is 15.4. The van der Waals surface area contributed by atoms with Crippen molar-refractivity contribution >= 4 is 21.6 Å². The number of nitro benzene ring substituents is 1. The van der Waals surface area contributed by atoms with E-state index in [0.717, 1.165) is 36.0 Å². The van der Waals surface area contributed by atoms with Gasteiger partial charge in [-0.1, -0.05) is 22.4 Å². The maximum absolute atomic E-state index is 10.7. The maximum atomic E-state index is 10.7. The number of likely N-dealkylation sites (tertiary alicyclic amines) is 1. The average Bonchev–Trinajstić information content (AvgIpc) is 2.43. The normalized spacial score (nSPS) is 20.0. The molecule has 20 heavy (non-hydrogen) atoms. The van der Waals surface area contributed by atoms with Crippen LogP contribution < -0.4 is 0 Å². The summed E-state index contributed by atoms with van der Waals surface area (Å²) >= 11 is 3.42. The number of rotatable bonds is 5. The van der Waals surface area contributed by atoms with E-state index >= 15 is 0 Å². The highest BCUT2D eigenvalue weighted by molar-refractivity contribution is 9.10. The zero-order valence-corrected chi connectivity index (χ0v) is 12.9. The zero-order valence-electron chi connectivity index (χ0n) is 11.3. The van der Waals surface area contributed by atoms with Crippen LogP contribution in [0.5, 0.6) is 0 Å². The van der Waals surface area contributed by atoms with Crippen molar-refractivity contribution in [3.8, 4) is 0 Å². The second-order valence-corrected chi connectivity index (χ2v) is 6.02. The van der Waals surface area contributed by atoms with Gasteiger partial charge in [-0.05, 0) is 37.4 Å². The third-order valence-corrected chi connectivity index (χ3v) is 4.57. The lowest BCUT2D eigenvalue weighted by Crippen LogP contribution is -2.39. The Labute approximate surface area is 126 Å². The Kier molecular flexibility index (Phi) is 5.51. The van der Waals surface area contributed by atoms with Gasteiger partial charge in [0.05, 0.1) is 4.92 Å². The van der Waals surface area contributed by atoms with Crippen LogP contribution in [0.1, 0.15) is 31.2 Å². The van der Waals surface area contributed by atoms with Crippen molar-refractivity contribution in [2.45, 2.75) is 38.3 Å². The second-order valence-electron chi connectivity index (χ2n) is 5.17. The molecule has 110 valence electrons. The molecule has 0 aliphatic carbocycles.